The van der Waals surface area contributed by atoms with Gasteiger partial charge in [-0.3, -0.25) is 19.4 Å². The van der Waals surface area contributed by atoms with E-state index in [9.17, 15) is 9.59 Å². The van der Waals surface area contributed by atoms with Crippen LogP contribution in [0.25, 0.3) is 33.6 Å². The third-order valence-electron chi connectivity index (χ3n) is 12.9. The molecule has 2 atom stereocenters. The van der Waals surface area contributed by atoms with Crippen LogP contribution in [0, 0.1) is 11.2 Å². The minimum absolute atomic E-state index is 0.0311. The molecule has 0 radical (unpaired) electrons. The SMILES string of the molecule is COc1nc(-c2cccc(-c3cccc(-c4cc5c(c(OC)n4)[C@@H](N4CC6(CCC(=O)N6)C4)CC5)c3Cl)c2F)cc2c1[C@@H](N1CC3(CNC(=O)C3)C1)CC2. The second-order valence-corrected chi connectivity index (χ2v) is 16.6. The first kappa shape index (κ1) is 33.9. The summed E-state index contributed by atoms with van der Waals surface area (Å²) in [5.74, 6) is 0.971. The summed E-state index contributed by atoms with van der Waals surface area (Å²) in [6, 6.07) is 15.4. The molecule has 6 heterocycles. The number of benzene rings is 2. The van der Waals surface area contributed by atoms with E-state index in [0.29, 0.717) is 63.3 Å². The molecule has 2 N–H and O–H groups in total. The van der Waals surface area contributed by atoms with Crippen LogP contribution in [0.3, 0.4) is 0 Å². The molecule has 10 nitrogen and oxygen atoms in total. The Bertz CT molecular complexity index is 2100. The maximum atomic E-state index is 16.8. The van der Waals surface area contributed by atoms with Crippen LogP contribution in [0.1, 0.15) is 66.4 Å². The fourth-order valence-corrected chi connectivity index (χ4v) is 10.7. The van der Waals surface area contributed by atoms with Crippen molar-refractivity contribution in [3.8, 4) is 45.4 Å². The molecule has 2 amide bonds. The smallest absolute Gasteiger partial charge is 0.220 e. The van der Waals surface area contributed by atoms with Gasteiger partial charge in [-0.2, -0.15) is 0 Å². The lowest BCUT2D eigenvalue weighted by molar-refractivity contribution is -0.121. The Morgan fingerprint density at radius 1 is 0.778 bits per heavy atom. The van der Waals surface area contributed by atoms with Crippen molar-refractivity contribution in [3.05, 3.63) is 81.6 Å². The largest absolute Gasteiger partial charge is 0.481 e. The number of pyridine rings is 2. The number of ether oxygens (including phenoxy) is 2. The average Bonchev–Trinajstić information content (AvgIpc) is 3.95. The van der Waals surface area contributed by atoms with Gasteiger partial charge in [-0.05, 0) is 61.4 Å². The minimum atomic E-state index is -0.406. The van der Waals surface area contributed by atoms with E-state index in [1.165, 1.54) is 5.56 Å². The normalized spacial score (nSPS) is 23.6. The average molecular weight is 749 g/mol. The van der Waals surface area contributed by atoms with Crippen molar-refractivity contribution in [2.45, 2.75) is 62.6 Å². The fourth-order valence-electron chi connectivity index (χ4n) is 10.3. The van der Waals surface area contributed by atoms with E-state index in [2.05, 4.69) is 26.5 Å². The number of fused-ring (bicyclic) bond motifs is 2. The zero-order valence-corrected chi connectivity index (χ0v) is 31.2. The van der Waals surface area contributed by atoms with Gasteiger partial charge in [-0.25, -0.2) is 14.4 Å². The Balaban J connectivity index is 0.937. The second-order valence-electron chi connectivity index (χ2n) is 16.2. The van der Waals surface area contributed by atoms with E-state index >= 15 is 4.39 Å². The van der Waals surface area contributed by atoms with Crippen LogP contribution in [-0.2, 0) is 22.4 Å². The van der Waals surface area contributed by atoms with Gasteiger partial charge in [-0.1, -0.05) is 41.9 Å². The van der Waals surface area contributed by atoms with Crippen LogP contribution >= 0.6 is 11.6 Å². The van der Waals surface area contributed by atoms with Crippen molar-refractivity contribution in [2.24, 2.45) is 5.41 Å². The zero-order chi connectivity index (χ0) is 36.9. The number of nitrogens with one attached hydrogen (secondary N) is 2. The molecule has 2 aromatic carbocycles. The van der Waals surface area contributed by atoms with Gasteiger partial charge in [-0.15, -0.1) is 0 Å². The highest BCUT2D eigenvalue weighted by atomic mass is 35.5. The first-order valence-electron chi connectivity index (χ1n) is 19.0. The van der Waals surface area contributed by atoms with Crippen LogP contribution < -0.4 is 20.1 Å². The number of carbonyl (C=O) groups is 2. The Morgan fingerprint density at radius 3 is 1.93 bits per heavy atom. The lowest BCUT2D eigenvalue weighted by Gasteiger charge is -2.50. The number of carbonyl (C=O) groups excluding carboxylic acids is 2. The number of aryl methyl sites for hydroxylation is 2. The molecule has 10 rings (SSSR count). The molecule has 12 heteroatoms. The van der Waals surface area contributed by atoms with E-state index < -0.39 is 5.82 Å². The molecule has 2 aliphatic carbocycles. The molecule has 0 bridgehead atoms. The van der Waals surface area contributed by atoms with Crippen molar-refractivity contribution in [1.29, 1.82) is 0 Å². The van der Waals surface area contributed by atoms with Crippen LogP contribution in [0.15, 0.2) is 48.5 Å². The van der Waals surface area contributed by atoms with Crippen LogP contribution in [-0.4, -0.2) is 84.1 Å². The first-order chi connectivity index (χ1) is 26.2. The third kappa shape index (κ3) is 5.26. The van der Waals surface area contributed by atoms with E-state index in [1.807, 2.05) is 30.3 Å². The molecule has 4 aromatic rings. The molecule has 2 spiro atoms. The van der Waals surface area contributed by atoms with E-state index in [0.717, 1.165) is 81.5 Å². The number of hydrogen-bond donors (Lipinski definition) is 2. The predicted octanol–water partition coefficient (Wildman–Crippen LogP) is 6.05. The highest BCUT2D eigenvalue weighted by Crippen LogP contribution is 2.50. The number of likely N-dealkylation sites (tertiary alicyclic amines) is 2. The Kier molecular flexibility index (Phi) is 7.84. The van der Waals surface area contributed by atoms with Gasteiger partial charge in [0.15, 0.2) is 0 Å². The van der Waals surface area contributed by atoms with E-state index in [4.69, 9.17) is 31.0 Å². The summed E-state index contributed by atoms with van der Waals surface area (Å²) >= 11 is 7.18. The number of rotatable bonds is 7. The number of hydrogen-bond acceptors (Lipinski definition) is 8. The summed E-state index contributed by atoms with van der Waals surface area (Å²) in [4.78, 5) is 38.5. The molecule has 4 fully saturated rings. The zero-order valence-electron chi connectivity index (χ0n) is 30.4. The number of aromatic nitrogens is 2. The van der Waals surface area contributed by atoms with Crippen molar-refractivity contribution in [2.75, 3.05) is 46.9 Å². The fraction of sp³-hybridized carbons (Fsp3) is 0.429. The van der Waals surface area contributed by atoms with Gasteiger partial charge in [0.25, 0.3) is 0 Å². The van der Waals surface area contributed by atoms with Gasteiger partial charge in [0, 0.05) is 96.4 Å². The Hall–Kier alpha value is -4.58. The van der Waals surface area contributed by atoms with Crippen molar-refractivity contribution in [3.63, 3.8) is 0 Å². The van der Waals surface area contributed by atoms with Crippen molar-refractivity contribution < 1.29 is 23.5 Å². The predicted molar refractivity (Wildman–Crippen MR) is 202 cm³/mol. The van der Waals surface area contributed by atoms with Gasteiger partial charge < -0.3 is 20.1 Å². The van der Waals surface area contributed by atoms with Gasteiger partial charge in [0.05, 0.1) is 36.2 Å². The molecular weight excluding hydrogens is 707 g/mol. The number of amides is 2. The topological polar surface area (TPSA) is 109 Å². The highest BCUT2D eigenvalue weighted by Gasteiger charge is 2.52. The molecule has 4 saturated heterocycles. The summed E-state index contributed by atoms with van der Waals surface area (Å²) in [6.45, 7) is 4.14. The maximum Gasteiger partial charge on any atom is 0.220 e. The van der Waals surface area contributed by atoms with Crippen molar-refractivity contribution in [1.82, 2.24) is 30.4 Å². The molecule has 6 aliphatic rings. The van der Waals surface area contributed by atoms with Crippen LogP contribution in [0.4, 0.5) is 4.39 Å². The number of halogens is 2. The van der Waals surface area contributed by atoms with Gasteiger partial charge in [0.1, 0.15) is 5.82 Å². The summed E-state index contributed by atoms with van der Waals surface area (Å²) in [5, 5.41) is 6.59. The van der Waals surface area contributed by atoms with E-state index in [-0.39, 0.29) is 34.9 Å². The molecule has 0 unspecified atom stereocenters. The minimum Gasteiger partial charge on any atom is -0.481 e. The molecule has 4 aliphatic heterocycles. The standard InChI is InChI=1S/C42H42ClFN6O4/c1-53-39-36-23(10-12-32(36)50-21-42(22-50)14-13-33(51)48-42)15-29(46-39)27-7-3-5-25(37(27)43)26-6-4-8-28(38(26)44)30-16-24-9-11-31(35(24)40(47-30)54-2)49-19-41(20-49)17-34(52)45-18-41/h3-8,15-16,31-32H,9-14,17-22H2,1-2H3,(H,45,52)(H,48,51)/t31-,32-/m0/s1. The lowest BCUT2D eigenvalue weighted by Crippen LogP contribution is -2.67. The van der Waals surface area contributed by atoms with Crippen LogP contribution in [0.5, 0.6) is 11.8 Å². The monoisotopic (exact) mass is 748 g/mol. The van der Waals surface area contributed by atoms with Crippen molar-refractivity contribution >= 4 is 23.4 Å². The lowest BCUT2D eigenvalue weighted by atomic mass is 9.77. The Labute approximate surface area is 318 Å². The number of methoxy groups -OCH3 is 2. The molecule has 2 aromatic heterocycles. The Morgan fingerprint density at radius 2 is 1.35 bits per heavy atom. The summed E-state index contributed by atoms with van der Waals surface area (Å²) in [7, 11) is 3.27. The first-order valence-corrected chi connectivity index (χ1v) is 19.3. The van der Waals surface area contributed by atoms with Gasteiger partial charge in [0.2, 0.25) is 23.6 Å². The number of nitrogens with zero attached hydrogens (tertiary/aromatic N) is 4. The molecular formula is C42H42ClFN6O4. The molecule has 278 valence electrons. The van der Waals surface area contributed by atoms with E-state index in [1.54, 1.807) is 26.4 Å². The maximum absolute atomic E-state index is 16.8. The third-order valence-corrected chi connectivity index (χ3v) is 13.3. The summed E-state index contributed by atoms with van der Waals surface area (Å²) in [6.07, 6.45) is 5.68. The summed E-state index contributed by atoms with van der Waals surface area (Å²) < 4.78 is 28.5. The van der Waals surface area contributed by atoms with Gasteiger partial charge >= 0.3 is 0 Å². The molecule has 0 saturated carbocycles. The highest BCUT2D eigenvalue weighted by molar-refractivity contribution is 6.36. The second kappa shape index (κ2) is 12.5. The quantitative estimate of drug-likeness (QED) is 0.236. The molecule has 54 heavy (non-hydrogen) atoms. The summed E-state index contributed by atoms with van der Waals surface area (Å²) in [5.41, 5.74) is 7.63. The van der Waals surface area contributed by atoms with Crippen LogP contribution in [0.2, 0.25) is 5.02 Å².